The lowest BCUT2D eigenvalue weighted by molar-refractivity contribution is -0.123. The van der Waals surface area contributed by atoms with E-state index in [2.05, 4.69) is 36.4 Å². The number of aryl methyl sites for hydroxylation is 1. The second kappa shape index (κ2) is 9.79. The van der Waals surface area contributed by atoms with Crippen molar-refractivity contribution in [2.75, 3.05) is 6.61 Å². The van der Waals surface area contributed by atoms with Crippen molar-refractivity contribution in [1.29, 1.82) is 0 Å². The average molecular weight is 439 g/mol. The van der Waals surface area contributed by atoms with E-state index in [4.69, 9.17) is 16.3 Å². The molecule has 3 rings (SSSR count). The van der Waals surface area contributed by atoms with E-state index in [0.29, 0.717) is 23.0 Å². The van der Waals surface area contributed by atoms with Crippen molar-refractivity contribution in [3.8, 4) is 5.75 Å². The zero-order chi connectivity index (χ0) is 22.4. The molecule has 0 aliphatic rings. The molecule has 1 heterocycles. The molecular formula is C24H27ClN4O2. The Hall–Kier alpha value is -3.12. The third-order valence-corrected chi connectivity index (χ3v) is 5.16. The minimum absolute atomic E-state index is 0.0684. The van der Waals surface area contributed by atoms with Gasteiger partial charge >= 0.3 is 0 Å². The molecule has 6 nitrogen and oxygen atoms in total. The first kappa shape index (κ1) is 22.6. The number of hydrogen-bond acceptors (Lipinski definition) is 4. The number of aromatic nitrogens is 2. The number of rotatable bonds is 7. The Balaban J connectivity index is 1.54. The summed E-state index contributed by atoms with van der Waals surface area (Å²) in [6.45, 7) is 8.71. The van der Waals surface area contributed by atoms with Gasteiger partial charge in [-0.1, -0.05) is 74.8 Å². The van der Waals surface area contributed by atoms with Crippen LogP contribution >= 0.6 is 11.6 Å². The molecule has 0 saturated carbocycles. The monoisotopic (exact) mass is 438 g/mol. The van der Waals surface area contributed by atoms with Gasteiger partial charge in [0, 0.05) is 0 Å². The zero-order valence-corrected chi connectivity index (χ0v) is 19.0. The van der Waals surface area contributed by atoms with E-state index < -0.39 is 0 Å². The summed E-state index contributed by atoms with van der Waals surface area (Å²) >= 11 is 6.45. The highest BCUT2D eigenvalue weighted by atomic mass is 35.5. The minimum atomic E-state index is -0.360. The van der Waals surface area contributed by atoms with Gasteiger partial charge in [-0.15, -0.1) is 0 Å². The summed E-state index contributed by atoms with van der Waals surface area (Å²) in [6, 6.07) is 17.7. The van der Waals surface area contributed by atoms with Crippen molar-refractivity contribution in [3.05, 3.63) is 82.1 Å². The lowest BCUT2D eigenvalue weighted by Crippen LogP contribution is -2.24. The molecule has 0 bridgehead atoms. The normalized spacial score (nSPS) is 11.6. The molecule has 1 aromatic heterocycles. The number of benzene rings is 2. The number of carbonyl (C=O) groups is 1. The van der Waals surface area contributed by atoms with Crippen molar-refractivity contribution < 1.29 is 9.53 Å². The number of halogens is 1. The molecule has 7 heteroatoms. The van der Waals surface area contributed by atoms with E-state index in [-0.39, 0.29) is 17.9 Å². The molecule has 3 aromatic rings. The maximum atomic E-state index is 12.0. The zero-order valence-electron chi connectivity index (χ0n) is 18.2. The van der Waals surface area contributed by atoms with Crippen molar-refractivity contribution in [2.45, 2.75) is 39.7 Å². The molecule has 1 N–H and O–H groups in total. The summed E-state index contributed by atoms with van der Waals surface area (Å²) in [4.78, 5) is 12.0. The SMILES string of the molecule is Cc1nn(Cc2ccccc2)c(Cl)c1/C=N/NC(=O)COc1ccc(C(C)(C)C)cc1. The van der Waals surface area contributed by atoms with Gasteiger partial charge in [-0.2, -0.15) is 10.2 Å². The molecular weight excluding hydrogens is 412 g/mol. The van der Waals surface area contributed by atoms with Crippen LogP contribution in [0, 0.1) is 6.92 Å². The van der Waals surface area contributed by atoms with E-state index in [1.54, 1.807) is 4.68 Å². The van der Waals surface area contributed by atoms with Gasteiger partial charge in [0.1, 0.15) is 10.9 Å². The van der Waals surface area contributed by atoms with Crippen LogP contribution in [0.1, 0.15) is 43.2 Å². The molecule has 162 valence electrons. The van der Waals surface area contributed by atoms with E-state index >= 15 is 0 Å². The van der Waals surface area contributed by atoms with Gasteiger partial charge < -0.3 is 4.74 Å². The molecule has 0 unspecified atom stereocenters. The summed E-state index contributed by atoms with van der Waals surface area (Å²) < 4.78 is 7.24. The largest absolute Gasteiger partial charge is 0.484 e. The summed E-state index contributed by atoms with van der Waals surface area (Å²) in [7, 11) is 0. The summed E-state index contributed by atoms with van der Waals surface area (Å²) in [5, 5.41) is 8.93. The molecule has 1 amide bonds. The quantitative estimate of drug-likeness (QED) is 0.428. The number of hydrazone groups is 1. The second-order valence-corrected chi connectivity index (χ2v) is 8.65. The maximum absolute atomic E-state index is 12.0. The molecule has 0 saturated heterocycles. The number of ether oxygens (including phenoxy) is 1. The summed E-state index contributed by atoms with van der Waals surface area (Å²) in [5.74, 6) is 0.273. The van der Waals surface area contributed by atoms with Crippen LogP contribution in [0.4, 0.5) is 0 Å². The van der Waals surface area contributed by atoms with Gasteiger partial charge in [0.05, 0.1) is 24.0 Å². The molecule has 0 fully saturated rings. The van der Waals surface area contributed by atoms with E-state index in [1.807, 2.05) is 61.5 Å². The van der Waals surface area contributed by atoms with Crippen LogP contribution in [-0.4, -0.2) is 28.5 Å². The highest BCUT2D eigenvalue weighted by Crippen LogP contribution is 2.24. The third kappa shape index (κ3) is 6.18. The molecule has 31 heavy (non-hydrogen) atoms. The van der Waals surface area contributed by atoms with Crippen LogP contribution < -0.4 is 10.2 Å². The smallest absolute Gasteiger partial charge is 0.277 e. The number of carbonyl (C=O) groups excluding carboxylic acids is 1. The first-order chi connectivity index (χ1) is 14.7. The van der Waals surface area contributed by atoms with Crippen molar-refractivity contribution in [2.24, 2.45) is 5.10 Å². The molecule has 0 spiro atoms. The highest BCUT2D eigenvalue weighted by molar-refractivity contribution is 6.32. The van der Waals surface area contributed by atoms with Gasteiger partial charge in [-0.3, -0.25) is 4.79 Å². The summed E-state index contributed by atoms with van der Waals surface area (Å²) in [5.41, 5.74) is 6.22. The molecule has 0 aliphatic heterocycles. The minimum Gasteiger partial charge on any atom is -0.484 e. The maximum Gasteiger partial charge on any atom is 0.277 e. The van der Waals surface area contributed by atoms with Crippen LogP contribution in [0.5, 0.6) is 5.75 Å². The van der Waals surface area contributed by atoms with Crippen LogP contribution in [0.2, 0.25) is 5.15 Å². The van der Waals surface area contributed by atoms with Gasteiger partial charge in [0.2, 0.25) is 0 Å². The number of nitrogens with zero attached hydrogens (tertiary/aromatic N) is 3. The molecule has 0 aliphatic carbocycles. The Morgan fingerprint density at radius 3 is 2.48 bits per heavy atom. The van der Waals surface area contributed by atoms with Crippen LogP contribution in [0.15, 0.2) is 59.7 Å². The Morgan fingerprint density at radius 2 is 1.84 bits per heavy atom. The average Bonchev–Trinajstić information content (AvgIpc) is 3.00. The Bertz CT molecular complexity index is 1050. The van der Waals surface area contributed by atoms with Gasteiger partial charge in [0.25, 0.3) is 5.91 Å². The lowest BCUT2D eigenvalue weighted by Gasteiger charge is -2.19. The number of nitrogens with one attached hydrogen (secondary N) is 1. The fourth-order valence-corrected chi connectivity index (χ4v) is 3.26. The molecule has 2 aromatic carbocycles. The predicted molar refractivity (Wildman–Crippen MR) is 124 cm³/mol. The van der Waals surface area contributed by atoms with Crippen LogP contribution in [0.3, 0.4) is 0 Å². The van der Waals surface area contributed by atoms with E-state index in [9.17, 15) is 4.79 Å². The number of hydrogen-bond donors (Lipinski definition) is 1. The van der Waals surface area contributed by atoms with E-state index in [1.165, 1.54) is 11.8 Å². The van der Waals surface area contributed by atoms with Gasteiger partial charge in [0.15, 0.2) is 6.61 Å². The second-order valence-electron chi connectivity index (χ2n) is 8.29. The van der Waals surface area contributed by atoms with E-state index in [0.717, 1.165) is 11.3 Å². The molecule has 0 atom stereocenters. The fraction of sp³-hybridized carbons (Fsp3) is 0.292. The first-order valence-electron chi connectivity index (χ1n) is 10.1. The molecule has 0 radical (unpaired) electrons. The summed E-state index contributed by atoms with van der Waals surface area (Å²) in [6.07, 6.45) is 1.50. The Morgan fingerprint density at radius 1 is 1.16 bits per heavy atom. The third-order valence-electron chi connectivity index (χ3n) is 4.76. The van der Waals surface area contributed by atoms with Crippen molar-refractivity contribution in [3.63, 3.8) is 0 Å². The number of amides is 1. The topological polar surface area (TPSA) is 68.5 Å². The van der Waals surface area contributed by atoms with Crippen LogP contribution in [0.25, 0.3) is 0 Å². The Labute approximate surface area is 187 Å². The standard InChI is InChI=1S/C24H27ClN4O2/c1-17-21(23(25)29(28-17)15-18-8-6-5-7-9-18)14-26-27-22(30)16-31-20-12-10-19(11-13-20)24(2,3)4/h5-14H,15-16H2,1-4H3,(H,27,30)/b26-14+. The Kier molecular flexibility index (Phi) is 7.13. The highest BCUT2D eigenvalue weighted by Gasteiger charge is 2.14. The predicted octanol–water partition coefficient (Wildman–Crippen LogP) is 4.72. The van der Waals surface area contributed by atoms with Gasteiger partial charge in [-0.25, -0.2) is 10.1 Å². The van der Waals surface area contributed by atoms with Crippen molar-refractivity contribution >= 4 is 23.7 Å². The fourth-order valence-electron chi connectivity index (χ4n) is 2.98. The van der Waals surface area contributed by atoms with Crippen LogP contribution in [-0.2, 0) is 16.8 Å². The van der Waals surface area contributed by atoms with Crippen molar-refractivity contribution in [1.82, 2.24) is 15.2 Å². The van der Waals surface area contributed by atoms with Gasteiger partial charge in [-0.05, 0) is 35.6 Å². The first-order valence-corrected chi connectivity index (χ1v) is 10.4. The lowest BCUT2D eigenvalue weighted by atomic mass is 9.87.